The molecule has 0 aromatic heterocycles. The molecule has 2 fully saturated rings. The Labute approximate surface area is 110 Å². The van der Waals surface area contributed by atoms with E-state index >= 15 is 0 Å². The van der Waals surface area contributed by atoms with Gasteiger partial charge in [0.05, 0.1) is 18.8 Å². The third kappa shape index (κ3) is 2.86. The highest BCUT2D eigenvalue weighted by Crippen LogP contribution is 2.31. The van der Waals surface area contributed by atoms with Crippen LogP contribution in [0.25, 0.3) is 0 Å². The van der Waals surface area contributed by atoms with Crippen LogP contribution in [0.5, 0.6) is 0 Å². The maximum Gasteiger partial charge on any atom is 0.226 e. The van der Waals surface area contributed by atoms with Crippen LogP contribution in [0.1, 0.15) is 40.0 Å². The summed E-state index contributed by atoms with van der Waals surface area (Å²) in [6.45, 7) is 7.65. The van der Waals surface area contributed by atoms with Crippen molar-refractivity contribution in [3.63, 3.8) is 0 Å². The lowest BCUT2D eigenvalue weighted by Crippen LogP contribution is -2.54. The van der Waals surface area contributed by atoms with Crippen molar-refractivity contribution in [2.24, 2.45) is 17.6 Å². The van der Waals surface area contributed by atoms with E-state index in [1.54, 1.807) is 0 Å². The monoisotopic (exact) mass is 254 g/mol. The van der Waals surface area contributed by atoms with Gasteiger partial charge in [0.25, 0.3) is 0 Å². The Bertz CT molecular complexity index is 280. The molecule has 1 heterocycles. The fourth-order valence-corrected chi connectivity index (χ4v) is 3.12. The number of amides is 1. The standard InChI is InChI=1S/C14H26N2O2/c1-9-4-5-12(15)6-13(9)14(17)16-7-11(3)18-8-10(16)2/h9-13H,4-8,15H2,1-3H3. The van der Waals surface area contributed by atoms with Crippen molar-refractivity contribution < 1.29 is 9.53 Å². The minimum Gasteiger partial charge on any atom is -0.375 e. The summed E-state index contributed by atoms with van der Waals surface area (Å²) in [6.07, 6.45) is 3.13. The lowest BCUT2D eigenvalue weighted by atomic mass is 9.77. The van der Waals surface area contributed by atoms with E-state index in [4.69, 9.17) is 10.5 Å². The average molecular weight is 254 g/mol. The summed E-state index contributed by atoms with van der Waals surface area (Å²) in [4.78, 5) is 14.7. The highest BCUT2D eigenvalue weighted by Gasteiger charge is 2.37. The second kappa shape index (κ2) is 5.57. The van der Waals surface area contributed by atoms with E-state index < -0.39 is 0 Å². The summed E-state index contributed by atoms with van der Waals surface area (Å²) >= 11 is 0. The molecule has 104 valence electrons. The van der Waals surface area contributed by atoms with Gasteiger partial charge in [0.15, 0.2) is 0 Å². The van der Waals surface area contributed by atoms with Gasteiger partial charge in [0, 0.05) is 18.5 Å². The molecule has 2 aliphatic rings. The van der Waals surface area contributed by atoms with Crippen LogP contribution >= 0.6 is 0 Å². The number of nitrogens with zero attached hydrogens (tertiary/aromatic N) is 1. The van der Waals surface area contributed by atoms with E-state index in [0.717, 1.165) is 25.8 Å². The first-order valence-electron chi connectivity index (χ1n) is 7.16. The van der Waals surface area contributed by atoms with Crippen LogP contribution in [0.15, 0.2) is 0 Å². The van der Waals surface area contributed by atoms with Gasteiger partial charge in [-0.15, -0.1) is 0 Å². The Kier molecular flexibility index (Phi) is 4.28. The minimum absolute atomic E-state index is 0.112. The molecule has 1 aliphatic carbocycles. The summed E-state index contributed by atoms with van der Waals surface area (Å²) in [6, 6.07) is 0.392. The van der Waals surface area contributed by atoms with Gasteiger partial charge in [-0.3, -0.25) is 4.79 Å². The number of carbonyl (C=O) groups excluding carboxylic acids is 1. The zero-order valence-corrected chi connectivity index (χ0v) is 11.8. The molecular weight excluding hydrogens is 228 g/mol. The predicted octanol–water partition coefficient (Wildman–Crippen LogP) is 1.39. The SMILES string of the molecule is CC1CN(C(=O)C2CC(N)CCC2C)C(C)CO1. The normalized spacial score (nSPS) is 41.8. The molecule has 4 heteroatoms. The highest BCUT2D eigenvalue weighted by molar-refractivity contribution is 5.79. The Morgan fingerprint density at radius 1 is 1.28 bits per heavy atom. The van der Waals surface area contributed by atoms with Gasteiger partial charge in [-0.2, -0.15) is 0 Å². The van der Waals surface area contributed by atoms with E-state index in [-0.39, 0.29) is 24.1 Å². The Morgan fingerprint density at radius 3 is 2.72 bits per heavy atom. The fraction of sp³-hybridized carbons (Fsp3) is 0.929. The zero-order chi connectivity index (χ0) is 13.3. The van der Waals surface area contributed by atoms with Crippen molar-refractivity contribution in [2.75, 3.05) is 13.2 Å². The molecule has 5 unspecified atom stereocenters. The molecule has 0 radical (unpaired) electrons. The van der Waals surface area contributed by atoms with Crippen LogP contribution in [0.4, 0.5) is 0 Å². The molecule has 2 N–H and O–H groups in total. The van der Waals surface area contributed by atoms with Gasteiger partial charge < -0.3 is 15.4 Å². The van der Waals surface area contributed by atoms with E-state index in [2.05, 4.69) is 13.8 Å². The van der Waals surface area contributed by atoms with Crippen LogP contribution in [0.3, 0.4) is 0 Å². The topological polar surface area (TPSA) is 55.6 Å². The highest BCUT2D eigenvalue weighted by atomic mass is 16.5. The summed E-state index contributed by atoms with van der Waals surface area (Å²) in [7, 11) is 0. The number of rotatable bonds is 1. The van der Waals surface area contributed by atoms with Crippen molar-refractivity contribution in [1.82, 2.24) is 4.90 Å². The lowest BCUT2D eigenvalue weighted by Gasteiger charge is -2.41. The number of ether oxygens (including phenoxy) is 1. The number of nitrogens with two attached hydrogens (primary N) is 1. The van der Waals surface area contributed by atoms with Gasteiger partial charge in [-0.1, -0.05) is 6.92 Å². The van der Waals surface area contributed by atoms with Crippen molar-refractivity contribution in [2.45, 2.75) is 58.2 Å². The predicted molar refractivity (Wildman–Crippen MR) is 71.1 cm³/mol. The molecule has 0 aromatic rings. The summed E-state index contributed by atoms with van der Waals surface area (Å²) < 4.78 is 5.59. The first-order chi connectivity index (χ1) is 8.49. The first kappa shape index (κ1) is 13.8. The van der Waals surface area contributed by atoms with Gasteiger partial charge in [-0.05, 0) is 39.0 Å². The van der Waals surface area contributed by atoms with E-state index in [0.29, 0.717) is 18.4 Å². The van der Waals surface area contributed by atoms with Crippen molar-refractivity contribution in [1.29, 1.82) is 0 Å². The third-order valence-electron chi connectivity index (χ3n) is 4.44. The smallest absolute Gasteiger partial charge is 0.226 e. The number of carbonyl (C=O) groups is 1. The average Bonchev–Trinajstić information content (AvgIpc) is 2.34. The molecule has 0 spiro atoms. The van der Waals surface area contributed by atoms with Crippen molar-refractivity contribution >= 4 is 5.91 Å². The molecule has 1 aliphatic heterocycles. The van der Waals surface area contributed by atoms with Gasteiger partial charge in [0.2, 0.25) is 5.91 Å². The molecule has 18 heavy (non-hydrogen) atoms. The summed E-state index contributed by atoms with van der Waals surface area (Å²) in [5.41, 5.74) is 6.02. The third-order valence-corrected chi connectivity index (χ3v) is 4.44. The zero-order valence-electron chi connectivity index (χ0n) is 11.8. The van der Waals surface area contributed by atoms with Crippen LogP contribution in [-0.2, 0) is 9.53 Å². The van der Waals surface area contributed by atoms with Gasteiger partial charge in [0.1, 0.15) is 0 Å². The second-order valence-electron chi connectivity index (χ2n) is 6.14. The molecular formula is C14H26N2O2. The summed E-state index contributed by atoms with van der Waals surface area (Å²) in [5.74, 6) is 0.865. The first-order valence-corrected chi connectivity index (χ1v) is 7.16. The van der Waals surface area contributed by atoms with Crippen molar-refractivity contribution in [3.05, 3.63) is 0 Å². The molecule has 4 nitrogen and oxygen atoms in total. The molecule has 1 saturated heterocycles. The Morgan fingerprint density at radius 2 is 2.00 bits per heavy atom. The maximum atomic E-state index is 12.7. The van der Waals surface area contributed by atoms with Gasteiger partial charge in [-0.25, -0.2) is 0 Å². The molecule has 2 rings (SSSR count). The lowest BCUT2D eigenvalue weighted by molar-refractivity contribution is -0.150. The molecule has 1 saturated carbocycles. The van der Waals surface area contributed by atoms with Crippen LogP contribution in [-0.4, -0.2) is 42.1 Å². The van der Waals surface area contributed by atoms with Crippen LogP contribution in [0, 0.1) is 11.8 Å². The number of morpholine rings is 1. The molecule has 1 amide bonds. The van der Waals surface area contributed by atoms with E-state index in [1.165, 1.54) is 0 Å². The largest absolute Gasteiger partial charge is 0.375 e. The number of hydrogen-bond acceptors (Lipinski definition) is 3. The summed E-state index contributed by atoms with van der Waals surface area (Å²) in [5, 5.41) is 0. The van der Waals surface area contributed by atoms with Crippen LogP contribution < -0.4 is 5.73 Å². The fourth-order valence-electron chi connectivity index (χ4n) is 3.12. The molecule has 5 atom stereocenters. The van der Waals surface area contributed by atoms with Gasteiger partial charge >= 0.3 is 0 Å². The molecule has 0 aromatic carbocycles. The maximum absolute atomic E-state index is 12.7. The molecule has 0 bridgehead atoms. The van der Waals surface area contributed by atoms with E-state index in [1.807, 2.05) is 11.8 Å². The quantitative estimate of drug-likeness (QED) is 0.769. The Hall–Kier alpha value is -0.610. The number of hydrogen-bond donors (Lipinski definition) is 1. The Balaban J connectivity index is 2.04. The van der Waals surface area contributed by atoms with Crippen LogP contribution in [0.2, 0.25) is 0 Å². The minimum atomic E-state index is 0.112. The van der Waals surface area contributed by atoms with E-state index in [9.17, 15) is 4.79 Å². The van der Waals surface area contributed by atoms with Crippen molar-refractivity contribution in [3.8, 4) is 0 Å². The second-order valence-corrected chi connectivity index (χ2v) is 6.14.